The molecule has 0 atom stereocenters. The van der Waals surface area contributed by atoms with Gasteiger partial charge in [-0.3, -0.25) is 0 Å². The fraction of sp³-hybridized carbons (Fsp3) is 0.708. The zero-order valence-corrected chi connectivity index (χ0v) is 15.6. The molecule has 0 amide bonds. The molecule has 1 heteroatoms. The van der Waals surface area contributed by atoms with Gasteiger partial charge in [-0.25, -0.2) is 0 Å². The van der Waals surface area contributed by atoms with E-state index in [0.29, 0.717) is 0 Å². The van der Waals surface area contributed by atoms with Crippen molar-refractivity contribution in [3.8, 4) is 6.07 Å². The minimum absolute atomic E-state index is 0.735. The van der Waals surface area contributed by atoms with E-state index in [1.165, 1.54) is 82.6 Å². The molecule has 1 aromatic rings. The summed E-state index contributed by atoms with van der Waals surface area (Å²) in [4.78, 5) is 0. The molecule has 1 nitrogen and oxygen atoms in total. The summed E-state index contributed by atoms with van der Waals surface area (Å²) in [5, 5.41) is 8.96. The maximum Gasteiger partial charge on any atom is 0.0991 e. The van der Waals surface area contributed by atoms with Gasteiger partial charge in [0.15, 0.2) is 0 Å². The molecule has 0 bridgehead atoms. The van der Waals surface area contributed by atoms with Gasteiger partial charge in [-0.05, 0) is 98.7 Å². The molecule has 0 aromatic heterocycles. The Kier molecular flexibility index (Phi) is 5.45. The minimum atomic E-state index is 0.735. The fourth-order valence-electron chi connectivity index (χ4n) is 6.27. The molecule has 0 heterocycles. The molecule has 0 spiro atoms. The molecule has 3 aliphatic rings. The summed E-state index contributed by atoms with van der Waals surface area (Å²) in [5.74, 6) is 4.93. The Morgan fingerprint density at radius 1 is 0.600 bits per heavy atom. The molecule has 25 heavy (non-hydrogen) atoms. The first-order valence-electron chi connectivity index (χ1n) is 10.8. The molecule has 3 aliphatic carbocycles. The molecular formula is C24H33N. The summed E-state index contributed by atoms with van der Waals surface area (Å²) in [7, 11) is 0. The lowest BCUT2D eigenvalue weighted by molar-refractivity contribution is 0.135. The predicted octanol–water partition coefficient (Wildman–Crippen LogP) is 6.83. The van der Waals surface area contributed by atoms with Gasteiger partial charge in [0.2, 0.25) is 0 Å². The second kappa shape index (κ2) is 7.94. The molecule has 134 valence electrons. The molecule has 0 aliphatic heterocycles. The van der Waals surface area contributed by atoms with Crippen molar-refractivity contribution < 1.29 is 0 Å². The average Bonchev–Trinajstić information content (AvgIpc) is 3.23. The predicted molar refractivity (Wildman–Crippen MR) is 103 cm³/mol. The number of nitrogens with zero attached hydrogens (tertiary/aromatic N) is 1. The van der Waals surface area contributed by atoms with Crippen molar-refractivity contribution in [2.24, 2.45) is 23.7 Å². The van der Waals surface area contributed by atoms with Gasteiger partial charge in [-0.15, -0.1) is 0 Å². The van der Waals surface area contributed by atoms with Crippen LogP contribution in [0.25, 0.3) is 0 Å². The molecule has 4 rings (SSSR count). The van der Waals surface area contributed by atoms with Crippen molar-refractivity contribution in [3.05, 3.63) is 35.4 Å². The summed E-state index contributed by atoms with van der Waals surface area (Å²) < 4.78 is 0. The van der Waals surface area contributed by atoms with Gasteiger partial charge in [0.25, 0.3) is 0 Å². The van der Waals surface area contributed by atoms with E-state index in [1.54, 1.807) is 0 Å². The second-order valence-corrected chi connectivity index (χ2v) is 9.06. The van der Waals surface area contributed by atoms with Crippen LogP contribution in [0.4, 0.5) is 0 Å². The van der Waals surface area contributed by atoms with E-state index in [-0.39, 0.29) is 0 Å². The highest BCUT2D eigenvalue weighted by atomic mass is 14.4. The van der Waals surface area contributed by atoms with Crippen LogP contribution in [-0.2, 0) is 0 Å². The first-order valence-corrected chi connectivity index (χ1v) is 10.8. The normalized spacial score (nSPS) is 33.9. The lowest BCUT2D eigenvalue weighted by Crippen LogP contribution is -2.27. The summed E-state index contributed by atoms with van der Waals surface area (Å²) in [6.45, 7) is 0. The lowest BCUT2D eigenvalue weighted by Gasteiger charge is -2.39. The standard InChI is InChI=1S/C24H33N/c25-17-18-5-7-20(8-6-18)22-13-15-24(16-14-22)23-11-9-21(10-12-23)19-3-1-2-4-19/h5-8,19,21-24H,1-4,9-16H2/t21-,22?,23-,24?. The summed E-state index contributed by atoms with van der Waals surface area (Å²) in [6.07, 6.45) is 17.8. The van der Waals surface area contributed by atoms with Crippen LogP contribution in [0.1, 0.15) is 94.1 Å². The Morgan fingerprint density at radius 2 is 1.04 bits per heavy atom. The van der Waals surface area contributed by atoms with E-state index in [4.69, 9.17) is 5.26 Å². The molecule has 0 radical (unpaired) electrons. The summed E-state index contributed by atoms with van der Waals surface area (Å²) in [5.41, 5.74) is 2.25. The number of hydrogen-bond donors (Lipinski definition) is 0. The van der Waals surface area contributed by atoms with Crippen molar-refractivity contribution >= 4 is 0 Å². The third kappa shape index (κ3) is 3.94. The quantitative estimate of drug-likeness (QED) is 0.594. The monoisotopic (exact) mass is 335 g/mol. The molecule has 3 fully saturated rings. The zero-order valence-electron chi connectivity index (χ0n) is 15.6. The Labute approximate surface area is 153 Å². The smallest absolute Gasteiger partial charge is 0.0991 e. The maximum absolute atomic E-state index is 8.96. The van der Waals surface area contributed by atoms with Gasteiger partial charge in [-0.2, -0.15) is 5.26 Å². The number of nitriles is 1. The Balaban J connectivity index is 1.25. The van der Waals surface area contributed by atoms with E-state index >= 15 is 0 Å². The first kappa shape index (κ1) is 17.1. The molecule has 0 unspecified atom stereocenters. The second-order valence-electron chi connectivity index (χ2n) is 9.06. The van der Waals surface area contributed by atoms with E-state index in [9.17, 15) is 0 Å². The van der Waals surface area contributed by atoms with Crippen LogP contribution in [0.3, 0.4) is 0 Å². The van der Waals surface area contributed by atoms with Crippen LogP contribution >= 0.6 is 0 Å². The van der Waals surface area contributed by atoms with Gasteiger partial charge >= 0.3 is 0 Å². The SMILES string of the molecule is N#Cc1ccc(C2CCC([C@H]3CC[C@H](C4CCCC4)CC3)CC2)cc1. The van der Waals surface area contributed by atoms with E-state index in [0.717, 1.165) is 35.2 Å². The highest BCUT2D eigenvalue weighted by Gasteiger charge is 2.34. The van der Waals surface area contributed by atoms with Gasteiger partial charge in [-0.1, -0.05) is 37.8 Å². The fourth-order valence-corrected chi connectivity index (χ4v) is 6.27. The van der Waals surface area contributed by atoms with E-state index in [1.807, 2.05) is 12.1 Å². The van der Waals surface area contributed by atoms with Crippen LogP contribution < -0.4 is 0 Å². The summed E-state index contributed by atoms with van der Waals surface area (Å²) in [6, 6.07) is 10.6. The molecule has 1 aromatic carbocycles. The lowest BCUT2D eigenvalue weighted by atomic mass is 9.66. The average molecular weight is 336 g/mol. The number of hydrogen-bond acceptors (Lipinski definition) is 1. The van der Waals surface area contributed by atoms with Crippen molar-refractivity contribution in [1.82, 2.24) is 0 Å². The molecule has 3 saturated carbocycles. The Bertz CT molecular complexity index is 574. The Morgan fingerprint density at radius 3 is 1.52 bits per heavy atom. The van der Waals surface area contributed by atoms with Gasteiger partial charge < -0.3 is 0 Å². The number of rotatable bonds is 3. The summed E-state index contributed by atoms with van der Waals surface area (Å²) >= 11 is 0. The van der Waals surface area contributed by atoms with Crippen molar-refractivity contribution in [3.63, 3.8) is 0 Å². The topological polar surface area (TPSA) is 23.8 Å². The third-order valence-corrected chi connectivity index (χ3v) is 7.83. The Hall–Kier alpha value is -1.29. The minimum Gasteiger partial charge on any atom is -0.192 e. The van der Waals surface area contributed by atoms with Crippen LogP contribution in [0.15, 0.2) is 24.3 Å². The highest BCUT2D eigenvalue weighted by molar-refractivity contribution is 5.33. The van der Waals surface area contributed by atoms with Crippen molar-refractivity contribution in [2.75, 3.05) is 0 Å². The molecule has 0 N–H and O–H groups in total. The number of benzene rings is 1. The van der Waals surface area contributed by atoms with E-state index < -0.39 is 0 Å². The first-order chi connectivity index (χ1) is 12.3. The van der Waals surface area contributed by atoms with Crippen LogP contribution in [0, 0.1) is 35.0 Å². The zero-order chi connectivity index (χ0) is 17.1. The van der Waals surface area contributed by atoms with Gasteiger partial charge in [0, 0.05) is 0 Å². The largest absolute Gasteiger partial charge is 0.192 e. The molecule has 0 saturated heterocycles. The van der Waals surface area contributed by atoms with Crippen molar-refractivity contribution in [1.29, 1.82) is 5.26 Å². The highest BCUT2D eigenvalue weighted by Crippen LogP contribution is 2.46. The van der Waals surface area contributed by atoms with Crippen molar-refractivity contribution in [2.45, 2.75) is 83.0 Å². The van der Waals surface area contributed by atoms with Gasteiger partial charge in [0.05, 0.1) is 11.6 Å². The van der Waals surface area contributed by atoms with Gasteiger partial charge in [0.1, 0.15) is 0 Å². The van der Waals surface area contributed by atoms with Crippen LogP contribution in [0.2, 0.25) is 0 Å². The van der Waals surface area contributed by atoms with Crippen LogP contribution in [0.5, 0.6) is 0 Å². The third-order valence-electron chi connectivity index (χ3n) is 7.83. The molecular weight excluding hydrogens is 302 g/mol. The van der Waals surface area contributed by atoms with E-state index in [2.05, 4.69) is 18.2 Å². The maximum atomic E-state index is 8.96. The van der Waals surface area contributed by atoms with Crippen LogP contribution in [-0.4, -0.2) is 0 Å².